The molecule has 0 radical (unpaired) electrons. The van der Waals surface area contributed by atoms with Gasteiger partial charge in [0.25, 0.3) is 0 Å². The zero-order chi connectivity index (χ0) is 20.3. The number of hydrogen-bond donors (Lipinski definition) is 0. The van der Waals surface area contributed by atoms with Gasteiger partial charge >= 0.3 is 0 Å². The number of nitrogens with zero attached hydrogens (tertiary/aromatic N) is 2. The molecule has 3 aliphatic rings. The van der Waals surface area contributed by atoms with Gasteiger partial charge in [0.15, 0.2) is 5.78 Å². The highest BCUT2D eigenvalue weighted by molar-refractivity contribution is 6.06. The van der Waals surface area contributed by atoms with Gasteiger partial charge < -0.3 is 4.74 Å². The van der Waals surface area contributed by atoms with Crippen LogP contribution in [0.3, 0.4) is 0 Å². The molecule has 4 heteroatoms. The van der Waals surface area contributed by atoms with Crippen LogP contribution in [-0.4, -0.2) is 22.7 Å². The van der Waals surface area contributed by atoms with E-state index >= 15 is 0 Å². The molecule has 2 aromatic rings. The number of allylic oxidation sites excluding steroid dienone is 1. The van der Waals surface area contributed by atoms with Gasteiger partial charge in [-0.2, -0.15) is 5.10 Å². The smallest absolute Gasteiger partial charge is 0.165 e. The van der Waals surface area contributed by atoms with Crippen molar-refractivity contribution in [3.8, 4) is 5.75 Å². The molecule has 0 amide bonds. The second kappa shape index (κ2) is 6.58. The third kappa shape index (κ3) is 2.72. The molecular formula is C25H30N2O2. The fraction of sp³-hybridized carbons (Fsp3) is 0.520. The Morgan fingerprint density at radius 3 is 2.86 bits per heavy atom. The summed E-state index contributed by atoms with van der Waals surface area (Å²) in [5.74, 6) is 2.96. The molecule has 5 rings (SSSR count). The van der Waals surface area contributed by atoms with E-state index in [4.69, 9.17) is 4.74 Å². The van der Waals surface area contributed by atoms with Crippen LogP contribution in [0.4, 0.5) is 0 Å². The first kappa shape index (κ1) is 18.7. The Hall–Kier alpha value is -2.36. The monoisotopic (exact) mass is 390 g/mol. The molecule has 1 aromatic carbocycles. The average molecular weight is 391 g/mol. The minimum Gasteiger partial charge on any atom is -0.497 e. The van der Waals surface area contributed by atoms with E-state index in [9.17, 15) is 4.79 Å². The number of fused-ring (bicyclic) bond motifs is 5. The first-order valence-electron chi connectivity index (χ1n) is 10.8. The van der Waals surface area contributed by atoms with Crippen molar-refractivity contribution in [2.24, 2.45) is 24.3 Å². The highest BCUT2D eigenvalue weighted by atomic mass is 16.5. The largest absolute Gasteiger partial charge is 0.497 e. The maximum absolute atomic E-state index is 13.5. The summed E-state index contributed by atoms with van der Waals surface area (Å²) in [5, 5.41) is 4.35. The van der Waals surface area contributed by atoms with Gasteiger partial charge in [-0.3, -0.25) is 9.48 Å². The standard InChI is InChI=1S/C25H30N2O2/c1-15-18(14-26-27(15)3)11-17-13-23-22-7-5-16-12-19(29-4)6-8-20(16)21(22)9-10-25(23,2)24(17)28/h6,8,11-12,14,21-23H,5,7,9-10,13H2,1-4H3/b17-11+/t21-,22+,23+,25-/m0/s1. The fourth-order valence-electron chi connectivity index (χ4n) is 6.33. The van der Waals surface area contributed by atoms with Crippen LogP contribution in [0.1, 0.15) is 60.9 Å². The van der Waals surface area contributed by atoms with Gasteiger partial charge in [0, 0.05) is 23.7 Å². The van der Waals surface area contributed by atoms with Crippen molar-refractivity contribution >= 4 is 11.9 Å². The third-order valence-electron chi connectivity index (χ3n) is 8.18. The summed E-state index contributed by atoms with van der Waals surface area (Å²) in [6.45, 7) is 4.30. The van der Waals surface area contributed by atoms with E-state index in [-0.39, 0.29) is 5.41 Å². The lowest BCUT2D eigenvalue weighted by atomic mass is 9.55. The van der Waals surface area contributed by atoms with Crippen LogP contribution in [0, 0.1) is 24.2 Å². The molecule has 1 aromatic heterocycles. The van der Waals surface area contributed by atoms with E-state index in [0.717, 1.165) is 48.3 Å². The summed E-state index contributed by atoms with van der Waals surface area (Å²) in [7, 11) is 3.69. The van der Waals surface area contributed by atoms with E-state index in [1.165, 1.54) is 17.5 Å². The van der Waals surface area contributed by atoms with Crippen LogP contribution in [-0.2, 0) is 18.3 Å². The molecule has 4 atom stereocenters. The number of hydrogen-bond acceptors (Lipinski definition) is 3. The number of aryl methyl sites for hydroxylation is 2. The quantitative estimate of drug-likeness (QED) is 0.688. The molecule has 29 heavy (non-hydrogen) atoms. The number of benzene rings is 1. The van der Waals surface area contributed by atoms with Crippen LogP contribution in [0.2, 0.25) is 0 Å². The van der Waals surface area contributed by atoms with E-state index in [0.29, 0.717) is 23.5 Å². The number of methoxy groups -OCH3 is 1. The van der Waals surface area contributed by atoms with Crippen LogP contribution in [0.5, 0.6) is 5.75 Å². The minimum absolute atomic E-state index is 0.201. The lowest BCUT2D eigenvalue weighted by Gasteiger charge is -2.48. The molecule has 0 saturated heterocycles. The molecule has 152 valence electrons. The highest BCUT2D eigenvalue weighted by Crippen LogP contribution is 2.60. The van der Waals surface area contributed by atoms with Crippen molar-refractivity contribution in [1.29, 1.82) is 0 Å². The molecule has 2 fully saturated rings. The first-order valence-corrected chi connectivity index (χ1v) is 10.8. The summed E-state index contributed by atoms with van der Waals surface area (Å²) in [5.41, 5.74) is 5.94. The molecule has 0 N–H and O–H groups in total. The molecule has 0 aliphatic heterocycles. The molecule has 0 unspecified atom stereocenters. The summed E-state index contributed by atoms with van der Waals surface area (Å²) in [6.07, 6.45) is 9.29. The summed E-state index contributed by atoms with van der Waals surface area (Å²) in [6, 6.07) is 6.60. The molecule has 1 heterocycles. The lowest BCUT2D eigenvalue weighted by molar-refractivity contribution is -0.127. The number of Topliss-reactive ketones (excluding diaryl/α,β-unsaturated/α-hetero) is 1. The van der Waals surface area contributed by atoms with E-state index in [2.05, 4.69) is 43.2 Å². The lowest BCUT2D eigenvalue weighted by Crippen LogP contribution is -2.42. The molecule has 4 nitrogen and oxygen atoms in total. The minimum atomic E-state index is -0.201. The predicted molar refractivity (Wildman–Crippen MR) is 114 cm³/mol. The number of aromatic nitrogens is 2. The SMILES string of the molecule is COc1ccc2c(c1)CC[C@H]1[C@H]3C/C(=C\c4cnn(C)c4C)C(=O)[C@@]3(C)CC[C@@H]21. The number of carbonyl (C=O) groups is 1. The van der Waals surface area contributed by atoms with E-state index in [1.807, 2.05) is 17.9 Å². The second-order valence-electron chi connectivity index (χ2n) is 9.45. The Balaban J connectivity index is 1.48. The van der Waals surface area contributed by atoms with Gasteiger partial charge in [-0.15, -0.1) is 0 Å². The van der Waals surface area contributed by atoms with Gasteiger partial charge in [-0.05, 0) is 91.7 Å². The Morgan fingerprint density at radius 2 is 2.14 bits per heavy atom. The first-order chi connectivity index (χ1) is 13.9. The van der Waals surface area contributed by atoms with Crippen LogP contribution >= 0.6 is 0 Å². The summed E-state index contributed by atoms with van der Waals surface area (Å²) in [4.78, 5) is 13.5. The Labute approximate surface area is 173 Å². The zero-order valence-corrected chi connectivity index (χ0v) is 17.9. The molecule has 0 spiro atoms. The van der Waals surface area contributed by atoms with E-state index < -0.39 is 0 Å². The van der Waals surface area contributed by atoms with Gasteiger partial charge in [0.05, 0.1) is 13.3 Å². The normalized spacial score (nSPS) is 32.1. The van der Waals surface area contributed by atoms with Crippen molar-refractivity contribution in [2.75, 3.05) is 7.11 Å². The van der Waals surface area contributed by atoms with Crippen molar-refractivity contribution < 1.29 is 9.53 Å². The average Bonchev–Trinajstić information content (AvgIpc) is 3.18. The zero-order valence-electron chi connectivity index (χ0n) is 17.9. The van der Waals surface area contributed by atoms with Gasteiger partial charge in [-0.1, -0.05) is 13.0 Å². The van der Waals surface area contributed by atoms with Crippen molar-refractivity contribution in [3.05, 3.63) is 52.4 Å². The third-order valence-corrected chi connectivity index (χ3v) is 8.18. The number of ether oxygens (including phenoxy) is 1. The maximum Gasteiger partial charge on any atom is 0.165 e. The molecule has 0 bridgehead atoms. The van der Waals surface area contributed by atoms with Gasteiger partial charge in [0.1, 0.15) is 5.75 Å². The Bertz CT molecular complexity index is 1020. The van der Waals surface area contributed by atoms with Crippen molar-refractivity contribution in [1.82, 2.24) is 9.78 Å². The Morgan fingerprint density at radius 1 is 1.31 bits per heavy atom. The van der Waals surface area contributed by atoms with Crippen LogP contribution in [0.15, 0.2) is 30.0 Å². The number of ketones is 1. The van der Waals surface area contributed by atoms with Crippen molar-refractivity contribution in [3.63, 3.8) is 0 Å². The van der Waals surface area contributed by atoms with Gasteiger partial charge in [0.2, 0.25) is 0 Å². The Kier molecular flexibility index (Phi) is 4.23. The van der Waals surface area contributed by atoms with Gasteiger partial charge in [-0.25, -0.2) is 0 Å². The second-order valence-corrected chi connectivity index (χ2v) is 9.45. The summed E-state index contributed by atoms with van der Waals surface area (Å²) >= 11 is 0. The fourth-order valence-corrected chi connectivity index (χ4v) is 6.33. The maximum atomic E-state index is 13.5. The molecular weight excluding hydrogens is 360 g/mol. The van der Waals surface area contributed by atoms with Crippen molar-refractivity contribution in [2.45, 2.75) is 51.9 Å². The van der Waals surface area contributed by atoms with Crippen LogP contribution < -0.4 is 4.74 Å². The summed E-state index contributed by atoms with van der Waals surface area (Å²) < 4.78 is 7.32. The number of carbonyl (C=O) groups excluding carboxylic acids is 1. The van der Waals surface area contributed by atoms with E-state index in [1.54, 1.807) is 7.11 Å². The predicted octanol–water partition coefficient (Wildman–Crippen LogP) is 4.86. The highest BCUT2D eigenvalue weighted by Gasteiger charge is 2.56. The number of rotatable bonds is 2. The molecule has 3 aliphatic carbocycles. The topological polar surface area (TPSA) is 44.1 Å². The molecule has 2 saturated carbocycles. The van der Waals surface area contributed by atoms with Crippen LogP contribution in [0.25, 0.3) is 6.08 Å².